The molecule has 2 aliphatic rings. The van der Waals surface area contributed by atoms with Gasteiger partial charge in [-0.1, -0.05) is 24.3 Å². The minimum Gasteiger partial charge on any atom is -0.493 e. The summed E-state index contributed by atoms with van der Waals surface area (Å²) >= 11 is 0. The van der Waals surface area contributed by atoms with E-state index in [1.54, 1.807) is 26.4 Å². The van der Waals surface area contributed by atoms with Gasteiger partial charge in [-0.3, -0.25) is 4.79 Å². The molecule has 1 saturated heterocycles. The van der Waals surface area contributed by atoms with Gasteiger partial charge in [0.15, 0.2) is 11.5 Å². The van der Waals surface area contributed by atoms with E-state index in [0.29, 0.717) is 30.2 Å². The number of hydrogen-bond donors (Lipinski definition) is 1. The fraction of sp³-hybridized carbons (Fsp3) is 0.333. The molecular formula is C24H26N4O3. The van der Waals surface area contributed by atoms with Crippen molar-refractivity contribution in [3.8, 4) is 17.2 Å². The van der Waals surface area contributed by atoms with Gasteiger partial charge < -0.3 is 24.3 Å². The van der Waals surface area contributed by atoms with Gasteiger partial charge in [0.05, 0.1) is 31.0 Å². The van der Waals surface area contributed by atoms with E-state index >= 15 is 0 Å². The summed E-state index contributed by atoms with van der Waals surface area (Å²) in [5, 5.41) is 3.77. The summed E-state index contributed by atoms with van der Waals surface area (Å²) < 4.78 is 13.0. The van der Waals surface area contributed by atoms with Gasteiger partial charge in [-0.25, -0.2) is 4.98 Å². The Morgan fingerprint density at radius 2 is 1.87 bits per heavy atom. The number of ether oxygens (including phenoxy) is 2. The van der Waals surface area contributed by atoms with Crippen molar-refractivity contribution in [2.45, 2.75) is 24.9 Å². The molecule has 0 aliphatic carbocycles. The first-order chi connectivity index (χ1) is 15.2. The molecule has 3 heterocycles. The molecule has 7 heteroatoms. The number of rotatable bonds is 3. The zero-order chi connectivity index (χ0) is 21.4. The molecule has 0 radical (unpaired) electrons. The first-order valence-corrected chi connectivity index (χ1v) is 10.5. The normalized spacial score (nSPS) is 16.9. The zero-order valence-electron chi connectivity index (χ0n) is 17.8. The molecule has 1 amide bonds. The maximum Gasteiger partial charge on any atom is 0.257 e. The Labute approximate surface area is 181 Å². The smallest absolute Gasteiger partial charge is 0.257 e. The molecule has 1 aromatic heterocycles. The van der Waals surface area contributed by atoms with Gasteiger partial charge in [0.25, 0.3) is 5.91 Å². The number of fused-ring (bicyclic) bond motifs is 4. The van der Waals surface area contributed by atoms with E-state index in [1.807, 2.05) is 23.4 Å². The van der Waals surface area contributed by atoms with Crippen LogP contribution in [-0.4, -0.2) is 47.7 Å². The number of nitrogens with zero attached hydrogens (tertiary/aromatic N) is 3. The van der Waals surface area contributed by atoms with Crippen LogP contribution in [0, 0.1) is 0 Å². The van der Waals surface area contributed by atoms with Crippen molar-refractivity contribution in [1.82, 2.24) is 19.8 Å². The third kappa shape index (κ3) is 3.16. The Morgan fingerprint density at radius 1 is 1.06 bits per heavy atom. The highest BCUT2D eigenvalue weighted by atomic mass is 16.5. The lowest BCUT2D eigenvalue weighted by molar-refractivity contribution is 0.0622. The van der Waals surface area contributed by atoms with Crippen LogP contribution in [0.3, 0.4) is 0 Å². The average Bonchev–Trinajstić information content (AvgIpc) is 3.28. The number of benzene rings is 2. The van der Waals surface area contributed by atoms with Crippen molar-refractivity contribution in [3.05, 3.63) is 71.8 Å². The third-order valence-electron chi connectivity index (χ3n) is 6.47. The Balaban J connectivity index is 1.41. The van der Waals surface area contributed by atoms with E-state index < -0.39 is 0 Å². The van der Waals surface area contributed by atoms with E-state index in [2.05, 4.69) is 34.1 Å². The predicted octanol–water partition coefficient (Wildman–Crippen LogP) is 3.12. The zero-order valence-corrected chi connectivity index (χ0v) is 17.8. The van der Waals surface area contributed by atoms with Crippen molar-refractivity contribution < 1.29 is 14.3 Å². The number of carbonyl (C=O) groups is 1. The highest BCUT2D eigenvalue weighted by Crippen LogP contribution is 2.38. The third-order valence-corrected chi connectivity index (χ3v) is 6.47. The molecular weight excluding hydrogens is 392 g/mol. The maximum absolute atomic E-state index is 13.3. The number of likely N-dealkylation sites (tertiary alicyclic amines) is 1. The van der Waals surface area contributed by atoms with Crippen molar-refractivity contribution in [1.29, 1.82) is 0 Å². The van der Waals surface area contributed by atoms with Crippen LogP contribution in [0.25, 0.3) is 5.69 Å². The maximum atomic E-state index is 13.3. The molecule has 1 N–H and O–H groups in total. The quantitative estimate of drug-likeness (QED) is 0.708. The number of aromatic nitrogens is 2. The summed E-state index contributed by atoms with van der Waals surface area (Å²) in [4.78, 5) is 19.9. The van der Waals surface area contributed by atoms with Gasteiger partial charge >= 0.3 is 0 Å². The van der Waals surface area contributed by atoms with Crippen LogP contribution < -0.4 is 14.8 Å². The van der Waals surface area contributed by atoms with Crippen LogP contribution >= 0.6 is 0 Å². The molecule has 0 unspecified atom stereocenters. The lowest BCUT2D eigenvalue weighted by Crippen LogP contribution is -2.52. The Hall–Kier alpha value is -3.32. The number of para-hydroxylation sites is 2. The molecule has 0 saturated carbocycles. The molecule has 1 fully saturated rings. The van der Waals surface area contributed by atoms with Crippen LogP contribution in [-0.2, 0) is 12.1 Å². The van der Waals surface area contributed by atoms with E-state index in [-0.39, 0.29) is 11.4 Å². The van der Waals surface area contributed by atoms with Crippen LogP contribution in [0.4, 0.5) is 0 Å². The first-order valence-electron chi connectivity index (χ1n) is 10.5. The summed E-state index contributed by atoms with van der Waals surface area (Å²) in [6.45, 7) is 2.04. The van der Waals surface area contributed by atoms with Gasteiger partial charge in [0, 0.05) is 32.0 Å². The SMILES string of the molecule is COc1cccc(C(=O)N2CCC3(CC2)NCc2ccccc2-n2ccnc23)c1OC. The number of methoxy groups -OCH3 is 2. The van der Waals surface area contributed by atoms with Gasteiger partial charge in [-0.2, -0.15) is 0 Å². The Kier molecular flexibility index (Phi) is 4.90. The Bertz CT molecular complexity index is 1120. The molecule has 0 bridgehead atoms. The molecule has 0 atom stereocenters. The van der Waals surface area contributed by atoms with Crippen molar-refractivity contribution >= 4 is 5.91 Å². The fourth-order valence-electron chi connectivity index (χ4n) is 4.81. The summed E-state index contributed by atoms with van der Waals surface area (Å²) in [5.41, 5.74) is 2.68. The monoisotopic (exact) mass is 418 g/mol. The average molecular weight is 418 g/mol. The minimum absolute atomic E-state index is 0.0363. The highest BCUT2D eigenvalue weighted by molar-refractivity contribution is 5.98. The van der Waals surface area contributed by atoms with E-state index in [1.165, 1.54) is 11.3 Å². The van der Waals surface area contributed by atoms with Crippen molar-refractivity contribution in [2.24, 2.45) is 0 Å². The van der Waals surface area contributed by atoms with Gasteiger partial charge in [-0.05, 0) is 36.6 Å². The number of hydrogen-bond acceptors (Lipinski definition) is 5. The second-order valence-corrected chi connectivity index (χ2v) is 8.02. The van der Waals surface area contributed by atoms with Crippen molar-refractivity contribution in [3.63, 3.8) is 0 Å². The standard InChI is InChI=1S/C24H26N4O3/c1-30-20-9-5-7-18(21(20)31-2)22(29)27-13-10-24(11-14-27)23-25-12-15-28(23)19-8-4-3-6-17(19)16-26-24/h3-9,12,15,26H,10-11,13-14,16H2,1-2H3. The second kappa shape index (κ2) is 7.74. The molecule has 2 aliphatic heterocycles. The lowest BCUT2D eigenvalue weighted by Gasteiger charge is -2.41. The highest BCUT2D eigenvalue weighted by Gasteiger charge is 2.42. The number of carbonyl (C=O) groups excluding carboxylic acids is 1. The molecule has 1 spiro atoms. The van der Waals surface area contributed by atoms with E-state index in [0.717, 1.165) is 25.2 Å². The molecule has 160 valence electrons. The number of piperidine rings is 1. The Morgan fingerprint density at radius 3 is 2.65 bits per heavy atom. The summed E-state index contributed by atoms with van der Waals surface area (Å²) in [6.07, 6.45) is 5.47. The van der Waals surface area contributed by atoms with Crippen LogP contribution in [0.1, 0.15) is 34.6 Å². The number of imidazole rings is 1. The first kappa shape index (κ1) is 19.6. The topological polar surface area (TPSA) is 68.6 Å². The van der Waals surface area contributed by atoms with Gasteiger partial charge in [0.2, 0.25) is 0 Å². The minimum atomic E-state index is -0.266. The van der Waals surface area contributed by atoms with E-state index in [4.69, 9.17) is 14.5 Å². The number of amides is 1. The molecule has 7 nitrogen and oxygen atoms in total. The summed E-state index contributed by atoms with van der Waals surface area (Å²) in [6, 6.07) is 13.8. The van der Waals surface area contributed by atoms with Crippen LogP contribution in [0.2, 0.25) is 0 Å². The largest absolute Gasteiger partial charge is 0.493 e. The molecule has 31 heavy (non-hydrogen) atoms. The molecule has 5 rings (SSSR count). The number of nitrogens with one attached hydrogen (secondary N) is 1. The van der Waals surface area contributed by atoms with Crippen LogP contribution in [0.5, 0.6) is 11.5 Å². The lowest BCUT2D eigenvalue weighted by atomic mass is 9.86. The predicted molar refractivity (Wildman–Crippen MR) is 117 cm³/mol. The summed E-state index contributed by atoms with van der Waals surface area (Å²) in [7, 11) is 3.14. The molecule has 3 aromatic rings. The summed E-state index contributed by atoms with van der Waals surface area (Å²) in [5.74, 6) is 2.02. The van der Waals surface area contributed by atoms with Gasteiger partial charge in [-0.15, -0.1) is 0 Å². The fourth-order valence-corrected chi connectivity index (χ4v) is 4.81. The van der Waals surface area contributed by atoms with Crippen LogP contribution in [0.15, 0.2) is 54.9 Å². The van der Waals surface area contributed by atoms with Crippen molar-refractivity contribution in [2.75, 3.05) is 27.3 Å². The molecule has 2 aromatic carbocycles. The van der Waals surface area contributed by atoms with E-state index in [9.17, 15) is 4.79 Å². The van der Waals surface area contributed by atoms with Gasteiger partial charge in [0.1, 0.15) is 5.82 Å². The second-order valence-electron chi connectivity index (χ2n) is 8.02.